The van der Waals surface area contributed by atoms with Crippen LogP contribution in [-0.4, -0.2) is 65.5 Å². The average molecular weight is 521 g/mol. The highest BCUT2D eigenvalue weighted by molar-refractivity contribution is 8.00. The molecule has 1 aromatic carbocycles. The van der Waals surface area contributed by atoms with Crippen molar-refractivity contribution in [2.24, 2.45) is 0 Å². The highest BCUT2D eigenvalue weighted by Gasteiger charge is 2.36. The number of hydrogen-bond acceptors (Lipinski definition) is 8. The van der Waals surface area contributed by atoms with Gasteiger partial charge in [-0.15, -0.1) is 11.3 Å². The molecule has 3 atom stereocenters. The van der Waals surface area contributed by atoms with Crippen molar-refractivity contribution in [1.82, 2.24) is 25.7 Å². The van der Waals surface area contributed by atoms with E-state index in [2.05, 4.69) is 26.1 Å². The third-order valence-electron chi connectivity index (χ3n) is 5.41. The monoisotopic (exact) mass is 520 g/mol. The maximum Gasteiger partial charge on any atom is 0.446 e. The normalized spacial score (nSPS) is 23.5. The standard InChI is InChI=1S/C19H17F5N6O2S2/c1-30-5-9(21)12(6-30)26-10-3-7(20)2-8-13(10)33-15(14(8)34-19(22,23)24)16-28-17(32-29-16)11-4-25-18(31)27-11/h2-3,9,11-12,26H,4-6H2,1H3,(H2,25,27,31)/t9-,11+,12+/m0/s1. The van der Waals surface area contributed by atoms with E-state index in [1.165, 1.54) is 0 Å². The van der Waals surface area contributed by atoms with Crippen LogP contribution in [-0.2, 0) is 0 Å². The maximum atomic E-state index is 14.5. The summed E-state index contributed by atoms with van der Waals surface area (Å²) in [5.41, 5.74) is -4.48. The summed E-state index contributed by atoms with van der Waals surface area (Å²) in [6.07, 6.45) is -1.22. The number of nitrogens with one attached hydrogen (secondary N) is 3. The highest BCUT2D eigenvalue weighted by Crippen LogP contribution is 2.51. The molecule has 4 heterocycles. The van der Waals surface area contributed by atoms with Gasteiger partial charge in [0.15, 0.2) is 0 Å². The first-order valence-electron chi connectivity index (χ1n) is 10.1. The van der Waals surface area contributed by atoms with Crippen molar-refractivity contribution in [1.29, 1.82) is 0 Å². The Labute approximate surface area is 197 Å². The molecule has 15 heteroatoms. The molecule has 2 amide bonds. The summed E-state index contributed by atoms with van der Waals surface area (Å²) in [5, 5.41) is 11.8. The minimum atomic E-state index is -4.67. The lowest BCUT2D eigenvalue weighted by atomic mass is 10.1. The Bertz CT molecular complexity index is 1250. The van der Waals surface area contributed by atoms with Crippen molar-refractivity contribution in [2.75, 3.05) is 32.0 Å². The van der Waals surface area contributed by atoms with E-state index in [0.717, 1.165) is 23.5 Å². The van der Waals surface area contributed by atoms with E-state index in [-0.39, 0.29) is 45.7 Å². The third-order valence-corrected chi connectivity index (χ3v) is 7.64. The molecule has 0 bridgehead atoms. The fourth-order valence-electron chi connectivity index (χ4n) is 3.97. The number of nitrogens with zero attached hydrogens (tertiary/aromatic N) is 3. The van der Waals surface area contributed by atoms with E-state index >= 15 is 0 Å². The summed E-state index contributed by atoms with van der Waals surface area (Å²) in [7, 11) is 1.74. The zero-order chi connectivity index (χ0) is 24.2. The van der Waals surface area contributed by atoms with Gasteiger partial charge in [-0.1, -0.05) is 5.16 Å². The molecule has 2 aliphatic rings. The molecule has 2 fully saturated rings. The van der Waals surface area contributed by atoms with Crippen LogP contribution >= 0.6 is 23.1 Å². The van der Waals surface area contributed by atoms with Crippen LogP contribution in [0.15, 0.2) is 21.6 Å². The number of carbonyl (C=O) groups excluding carboxylic acids is 1. The summed E-state index contributed by atoms with van der Waals surface area (Å²) in [5.74, 6) is -0.870. The Morgan fingerprint density at radius 3 is 2.76 bits per heavy atom. The van der Waals surface area contributed by atoms with Gasteiger partial charge in [0, 0.05) is 29.9 Å². The molecule has 34 heavy (non-hydrogen) atoms. The zero-order valence-electron chi connectivity index (χ0n) is 17.4. The number of likely N-dealkylation sites (tertiary alicyclic amines) is 1. The number of amides is 2. The number of rotatable bonds is 5. The van der Waals surface area contributed by atoms with E-state index < -0.39 is 47.4 Å². The largest absolute Gasteiger partial charge is 0.446 e. The molecule has 0 unspecified atom stereocenters. The molecular weight excluding hydrogens is 503 g/mol. The van der Waals surface area contributed by atoms with Crippen LogP contribution in [0.2, 0.25) is 0 Å². The second kappa shape index (κ2) is 8.53. The smallest absolute Gasteiger partial charge is 0.377 e. The number of aromatic nitrogens is 2. The molecular formula is C19H17F5N6O2S2. The number of likely N-dealkylation sites (N-methyl/N-ethyl adjacent to an activating group) is 1. The van der Waals surface area contributed by atoms with Gasteiger partial charge in [-0.05, 0) is 30.9 Å². The second-order valence-corrected chi connectivity index (χ2v) is 10.1. The van der Waals surface area contributed by atoms with E-state index in [0.29, 0.717) is 11.2 Å². The number of anilines is 1. The van der Waals surface area contributed by atoms with Gasteiger partial charge < -0.3 is 25.4 Å². The summed E-state index contributed by atoms with van der Waals surface area (Å²) < 4.78 is 74.7. The Hall–Kier alpha value is -2.65. The predicted molar refractivity (Wildman–Crippen MR) is 116 cm³/mol. The number of carbonyl (C=O) groups is 1. The van der Waals surface area contributed by atoms with Crippen molar-refractivity contribution in [3.05, 3.63) is 23.8 Å². The minimum absolute atomic E-state index is 0.00812. The number of thioether (sulfide) groups is 1. The molecule has 182 valence electrons. The van der Waals surface area contributed by atoms with Crippen LogP contribution < -0.4 is 16.0 Å². The third kappa shape index (κ3) is 4.51. The molecule has 0 spiro atoms. The van der Waals surface area contributed by atoms with Crippen LogP contribution in [0.1, 0.15) is 11.9 Å². The van der Waals surface area contributed by atoms with Gasteiger partial charge in [-0.25, -0.2) is 13.6 Å². The molecule has 2 saturated heterocycles. The van der Waals surface area contributed by atoms with Crippen LogP contribution in [0.3, 0.4) is 0 Å². The lowest BCUT2D eigenvalue weighted by Gasteiger charge is -2.17. The van der Waals surface area contributed by atoms with E-state index in [9.17, 15) is 26.7 Å². The molecule has 0 aliphatic carbocycles. The fraction of sp³-hybridized carbons (Fsp3) is 0.421. The van der Waals surface area contributed by atoms with Crippen LogP contribution in [0.4, 0.5) is 32.4 Å². The SMILES string of the molecule is CN1C[C@H](F)[C@H](Nc2cc(F)cc3c(SC(F)(F)F)c(-c4noc([C@H]5CNC(=O)N5)n4)sc23)C1. The van der Waals surface area contributed by atoms with Gasteiger partial charge in [0.2, 0.25) is 5.82 Å². The van der Waals surface area contributed by atoms with Crippen LogP contribution in [0, 0.1) is 5.82 Å². The molecule has 8 nitrogen and oxygen atoms in total. The summed E-state index contributed by atoms with van der Waals surface area (Å²) >= 11 is 0.512. The molecule has 3 aromatic rings. The predicted octanol–water partition coefficient (Wildman–Crippen LogP) is 4.12. The van der Waals surface area contributed by atoms with Crippen molar-refractivity contribution in [2.45, 2.75) is 28.7 Å². The van der Waals surface area contributed by atoms with Gasteiger partial charge in [0.05, 0.1) is 21.3 Å². The zero-order valence-corrected chi connectivity index (χ0v) is 19.0. The van der Waals surface area contributed by atoms with E-state index in [1.807, 2.05) is 0 Å². The average Bonchev–Trinajstić information content (AvgIpc) is 3.49. The molecule has 5 rings (SSSR count). The number of benzene rings is 1. The topological polar surface area (TPSA) is 95.3 Å². The van der Waals surface area contributed by atoms with Crippen LogP contribution in [0.5, 0.6) is 0 Å². The number of fused-ring (bicyclic) bond motifs is 1. The minimum Gasteiger partial charge on any atom is -0.377 e. The molecule has 2 aromatic heterocycles. The Balaban J connectivity index is 1.59. The fourth-order valence-corrected chi connectivity index (χ4v) is 6.05. The number of halogens is 5. The number of hydrogen-bond donors (Lipinski definition) is 3. The summed E-state index contributed by atoms with van der Waals surface area (Å²) in [6, 6.07) is 0.434. The molecule has 0 saturated carbocycles. The Morgan fingerprint density at radius 2 is 2.12 bits per heavy atom. The Morgan fingerprint density at radius 1 is 1.32 bits per heavy atom. The first-order valence-corrected chi connectivity index (χ1v) is 11.7. The van der Waals surface area contributed by atoms with Crippen molar-refractivity contribution in [3.8, 4) is 10.7 Å². The molecule has 0 radical (unpaired) electrons. The van der Waals surface area contributed by atoms with Gasteiger partial charge in [-0.3, -0.25) is 0 Å². The maximum absolute atomic E-state index is 14.5. The lowest BCUT2D eigenvalue weighted by molar-refractivity contribution is -0.0327. The first kappa shape index (κ1) is 23.1. The van der Waals surface area contributed by atoms with Crippen molar-refractivity contribution < 1.29 is 31.3 Å². The van der Waals surface area contributed by atoms with Gasteiger partial charge >= 0.3 is 11.5 Å². The highest BCUT2D eigenvalue weighted by atomic mass is 32.2. The van der Waals surface area contributed by atoms with Gasteiger partial charge in [-0.2, -0.15) is 18.2 Å². The number of thiophene rings is 1. The first-order chi connectivity index (χ1) is 16.1. The van der Waals surface area contributed by atoms with Crippen molar-refractivity contribution >= 4 is 44.9 Å². The van der Waals surface area contributed by atoms with Gasteiger partial charge in [0.25, 0.3) is 5.89 Å². The van der Waals surface area contributed by atoms with E-state index in [1.54, 1.807) is 11.9 Å². The van der Waals surface area contributed by atoms with E-state index in [4.69, 9.17) is 4.52 Å². The van der Waals surface area contributed by atoms with Gasteiger partial charge in [0.1, 0.15) is 18.0 Å². The molecule has 3 N–H and O–H groups in total. The number of urea groups is 1. The Kier molecular flexibility index (Phi) is 5.80. The summed E-state index contributed by atoms with van der Waals surface area (Å²) in [6.45, 7) is 0.729. The summed E-state index contributed by atoms with van der Waals surface area (Å²) in [4.78, 5) is 17.1. The second-order valence-electron chi connectivity index (χ2n) is 7.99. The van der Waals surface area contributed by atoms with Crippen molar-refractivity contribution in [3.63, 3.8) is 0 Å². The quantitative estimate of drug-likeness (QED) is 0.344. The molecule has 2 aliphatic heterocycles. The van der Waals surface area contributed by atoms with Crippen LogP contribution in [0.25, 0.3) is 20.8 Å². The number of alkyl halides is 4. The lowest BCUT2D eigenvalue weighted by Crippen LogP contribution is -2.29.